The van der Waals surface area contributed by atoms with Gasteiger partial charge in [-0.1, -0.05) is 65.8 Å². The zero-order chi connectivity index (χ0) is 47.0. The Labute approximate surface area is 377 Å². The molecule has 0 aliphatic carbocycles. The van der Waals surface area contributed by atoms with Crippen LogP contribution in [0.5, 0.6) is 0 Å². The number of aromatic nitrogens is 3. The second kappa shape index (κ2) is 18.4. The van der Waals surface area contributed by atoms with E-state index in [1.54, 1.807) is 60.6 Å². The molecule has 4 aromatic carbocycles. The number of anilines is 5. The van der Waals surface area contributed by atoms with Gasteiger partial charge < -0.3 is 25.0 Å². The van der Waals surface area contributed by atoms with Crippen LogP contribution in [0.2, 0.25) is 0 Å². The number of fused-ring (bicyclic) bond motifs is 4. The van der Waals surface area contributed by atoms with Gasteiger partial charge in [0, 0.05) is 32.0 Å². The van der Waals surface area contributed by atoms with E-state index >= 15 is 0 Å². The summed E-state index contributed by atoms with van der Waals surface area (Å²) in [7, 11) is 0. The average Bonchev–Trinajstić information content (AvgIpc) is 3.85. The Kier molecular flexibility index (Phi) is 11.0. The Morgan fingerprint density at radius 3 is 2.03 bits per heavy atom. The summed E-state index contributed by atoms with van der Waals surface area (Å²) in [4.78, 5) is 17.4. The van der Waals surface area contributed by atoms with Crippen LogP contribution in [0.15, 0.2) is 97.3 Å². The largest absolute Gasteiger partial charge is 4.00 e. The van der Waals surface area contributed by atoms with Crippen LogP contribution in [-0.2, 0) is 21.1 Å². The molecule has 10 heteroatoms. The molecule has 7 aromatic rings. The van der Waals surface area contributed by atoms with Crippen molar-refractivity contribution in [3.8, 4) is 23.3 Å². The maximum atomic E-state index is 8.88. The molecule has 0 fully saturated rings. The average molecular weight is 977 g/mol. The standard InChI is InChI=1S/C36H43N6.C14H6N3.Pt/c1-23(2)27-18-31(24(3)4)35(32(19-27)25(5)6)28-16-29(39-21-40(8)33-12-10-14-37-26(33)7)20-30(17-28)42-22-41(9)34-13-11-15-38-36(34)42;15-7-9-1-3-13-11(5-9)12-6-10(8-16)2-4-14(12)17-13;/h10-19,21-25,39H,1-9H3;1-6H;/q-3;-1;+4/i8D3,9D3;;. The Balaban J connectivity index is 0.000000332. The second-order valence-corrected chi connectivity index (χ2v) is 15.5. The van der Waals surface area contributed by atoms with Gasteiger partial charge in [0.25, 0.3) is 0 Å². The first-order valence-corrected chi connectivity index (χ1v) is 19.5. The molecule has 0 unspecified atom stereocenters. The molecule has 1 aliphatic heterocycles. The molecule has 0 bridgehead atoms. The van der Waals surface area contributed by atoms with Crippen molar-refractivity contribution >= 4 is 50.4 Å². The van der Waals surface area contributed by atoms with Gasteiger partial charge in [-0.15, -0.1) is 46.2 Å². The van der Waals surface area contributed by atoms with Crippen LogP contribution in [0.1, 0.15) is 101 Å². The molecular weight excluding hydrogens is 922 g/mol. The number of nitrogens with zero attached hydrogens (tertiary/aromatic N) is 8. The van der Waals surface area contributed by atoms with Crippen molar-refractivity contribution in [1.29, 1.82) is 10.5 Å². The molecule has 1 aliphatic rings. The number of nitrogens with one attached hydrogen (secondary N) is 1. The van der Waals surface area contributed by atoms with E-state index in [1.165, 1.54) is 39.8 Å². The summed E-state index contributed by atoms with van der Waals surface area (Å²) >= 11 is 0. The zero-order valence-corrected chi connectivity index (χ0v) is 36.8. The van der Waals surface area contributed by atoms with Gasteiger partial charge >= 0.3 is 21.1 Å². The third kappa shape index (κ3) is 8.88. The monoisotopic (exact) mass is 976 g/mol. The maximum Gasteiger partial charge on any atom is 4.00 e. The molecule has 9 nitrogen and oxygen atoms in total. The van der Waals surface area contributed by atoms with Gasteiger partial charge in [-0.3, -0.25) is 4.98 Å². The normalized spacial score (nSPS) is 13.9. The van der Waals surface area contributed by atoms with Gasteiger partial charge in [-0.25, -0.2) is 4.98 Å². The SMILES string of the molecule is N#Cc1ccc2[n-]c3ccc(C#N)cc3c2c1.[2H]C([2H])([2H])N([CH-]Nc1[c-]c(N2[CH-]N(C([2H])([2H])[2H])c3cccnc32)cc(-c2c(C(C)C)cc(C(C)C)cc2C(C)C)c1)c1cccnc1C.[Pt+4]. The predicted octanol–water partition coefficient (Wildman–Crippen LogP) is 11.7. The number of benzene rings is 4. The summed E-state index contributed by atoms with van der Waals surface area (Å²) < 4.78 is 49.4. The van der Waals surface area contributed by atoms with E-state index in [4.69, 9.17) is 18.7 Å². The number of hydrogen-bond donors (Lipinski definition) is 1. The van der Waals surface area contributed by atoms with Crippen LogP contribution in [0.25, 0.3) is 32.9 Å². The van der Waals surface area contributed by atoms with Crippen molar-refractivity contribution in [3.63, 3.8) is 0 Å². The zero-order valence-electron chi connectivity index (χ0n) is 40.5. The van der Waals surface area contributed by atoms with E-state index in [2.05, 4.69) is 92.1 Å². The molecule has 0 atom stereocenters. The van der Waals surface area contributed by atoms with E-state index in [1.807, 2.05) is 36.4 Å². The minimum absolute atomic E-state index is 0. The first-order valence-electron chi connectivity index (χ1n) is 22.5. The van der Waals surface area contributed by atoms with E-state index in [9.17, 15) is 0 Å². The maximum absolute atomic E-state index is 8.88. The molecule has 0 spiro atoms. The summed E-state index contributed by atoms with van der Waals surface area (Å²) in [5.41, 5.74) is 11.0. The van der Waals surface area contributed by atoms with Crippen LogP contribution >= 0.6 is 0 Å². The molecule has 0 amide bonds. The first kappa shape index (κ1) is 35.8. The van der Waals surface area contributed by atoms with Crippen LogP contribution in [0.3, 0.4) is 0 Å². The minimum atomic E-state index is -2.50. The summed E-state index contributed by atoms with van der Waals surface area (Å²) in [6.45, 7) is 12.9. The van der Waals surface area contributed by atoms with Crippen molar-refractivity contribution in [2.24, 2.45) is 0 Å². The van der Waals surface area contributed by atoms with Gasteiger partial charge in [0.1, 0.15) is 5.82 Å². The summed E-state index contributed by atoms with van der Waals surface area (Å²) in [5, 5.41) is 22.8. The smallest absolute Gasteiger partial charge is 0.657 e. The van der Waals surface area contributed by atoms with Gasteiger partial charge in [0.05, 0.1) is 29.0 Å². The van der Waals surface area contributed by atoms with Gasteiger partial charge in [0.2, 0.25) is 0 Å². The van der Waals surface area contributed by atoms with Crippen molar-refractivity contribution in [3.05, 3.63) is 150 Å². The van der Waals surface area contributed by atoms with Crippen LogP contribution in [0, 0.1) is 49.0 Å². The molecule has 60 heavy (non-hydrogen) atoms. The fourth-order valence-electron chi connectivity index (χ4n) is 7.27. The van der Waals surface area contributed by atoms with E-state index in [0.717, 1.165) is 32.9 Å². The molecule has 0 radical (unpaired) electrons. The van der Waals surface area contributed by atoms with Gasteiger partial charge in [-0.05, 0) is 120 Å². The molecule has 1 N–H and O–H groups in total. The minimum Gasteiger partial charge on any atom is -0.657 e. The van der Waals surface area contributed by atoms with Crippen molar-refractivity contribution < 1.29 is 29.3 Å². The van der Waals surface area contributed by atoms with Crippen LogP contribution in [-0.4, -0.2) is 23.9 Å². The van der Waals surface area contributed by atoms with Crippen molar-refractivity contribution in [2.75, 3.05) is 34.0 Å². The first-order chi connectivity index (χ1) is 30.8. The Bertz CT molecular complexity index is 2870. The Morgan fingerprint density at radius 1 is 0.833 bits per heavy atom. The molecule has 4 heterocycles. The fourth-order valence-corrected chi connectivity index (χ4v) is 7.27. The van der Waals surface area contributed by atoms with Crippen LogP contribution < -0.4 is 25.0 Å². The van der Waals surface area contributed by atoms with Gasteiger partial charge in [-0.2, -0.15) is 23.9 Å². The number of rotatable bonds is 9. The van der Waals surface area contributed by atoms with E-state index < -0.39 is 14.0 Å². The molecule has 8 rings (SSSR count). The van der Waals surface area contributed by atoms with Crippen molar-refractivity contribution in [2.45, 2.75) is 66.2 Å². The molecule has 0 saturated heterocycles. The summed E-state index contributed by atoms with van der Waals surface area (Å²) in [6.07, 6.45) is 3.25. The van der Waals surface area contributed by atoms with Gasteiger partial charge in [0.15, 0.2) is 0 Å². The predicted molar refractivity (Wildman–Crippen MR) is 242 cm³/mol. The topological polar surface area (TPSA) is 109 Å². The van der Waals surface area contributed by atoms with E-state index in [-0.39, 0.29) is 32.9 Å². The number of hydrogen-bond acceptors (Lipinski definition) is 8. The molecule has 304 valence electrons. The Morgan fingerprint density at radius 2 is 1.47 bits per heavy atom. The second-order valence-electron chi connectivity index (χ2n) is 15.5. The number of nitriles is 2. The molecule has 3 aromatic heterocycles. The van der Waals surface area contributed by atoms with E-state index in [0.29, 0.717) is 51.3 Å². The van der Waals surface area contributed by atoms with Crippen LogP contribution in [0.4, 0.5) is 28.6 Å². The molecule has 0 saturated carbocycles. The molecular formula is C50H49N9Pt. The summed E-state index contributed by atoms with van der Waals surface area (Å²) in [5.74, 6) is 1.21. The third-order valence-corrected chi connectivity index (χ3v) is 10.4. The summed E-state index contributed by atoms with van der Waals surface area (Å²) in [6, 6.07) is 33.8. The third-order valence-electron chi connectivity index (χ3n) is 10.4. The number of aryl methyl sites for hydroxylation is 1. The van der Waals surface area contributed by atoms with Crippen molar-refractivity contribution in [1.82, 2.24) is 15.0 Å². The fraction of sp³-hybridized carbons (Fsp3) is 0.240. The Hall–Kier alpha value is -6.15. The number of pyridine rings is 2. The quantitative estimate of drug-likeness (QED) is 0.141.